The number of carbonyl (C=O) groups is 2. The number of hydrogen-bond donors (Lipinski definition) is 1. The Hall–Kier alpha value is -1.10. The van der Waals surface area contributed by atoms with Gasteiger partial charge in [0.05, 0.1) is 12.0 Å². The fraction of sp³-hybridized carbons (Fsp3) is 0.895. The average molecular weight is 336 g/mol. The lowest BCUT2D eigenvalue weighted by atomic mass is 9.90. The van der Waals surface area contributed by atoms with Gasteiger partial charge >= 0.3 is 0 Å². The van der Waals surface area contributed by atoms with Crippen LogP contribution < -0.4 is 5.32 Å². The van der Waals surface area contributed by atoms with E-state index in [9.17, 15) is 9.59 Å². The van der Waals surface area contributed by atoms with Crippen LogP contribution >= 0.6 is 0 Å². The Labute approximate surface area is 145 Å². The molecule has 0 spiro atoms. The molecule has 2 aliphatic heterocycles. The van der Waals surface area contributed by atoms with Crippen LogP contribution in [0.4, 0.5) is 0 Å². The van der Waals surface area contributed by atoms with Gasteiger partial charge in [0.2, 0.25) is 11.8 Å². The number of nitrogens with one attached hydrogen (secondary N) is 1. The molecule has 0 aromatic carbocycles. The van der Waals surface area contributed by atoms with Crippen LogP contribution in [0.3, 0.4) is 0 Å². The summed E-state index contributed by atoms with van der Waals surface area (Å²) in [5.41, 5.74) is 0. The Morgan fingerprint density at radius 2 is 1.79 bits per heavy atom. The third-order valence-electron chi connectivity index (χ3n) is 5.89. The molecule has 5 heteroatoms. The van der Waals surface area contributed by atoms with Crippen molar-refractivity contribution in [1.29, 1.82) is 0 Å². The molecule has 3 rings (SSSR count). The van der Waals surface area contributed by atoms with Gasteiger partial charge in [-0.1, -0.05) is 19.3 Å². The van der Waals surface area contributed by atoms with E-state index in [1.54, 1.807) is 0 Å². The van der Waals surface area contributed by atoms with E-state index in [1.807, 2.05) is 11.8 Å². The first-order valence-electron chi connectivity index (χ1n) is 9.84. The number of nitrogens with zero attached hydrogens (tertiary/aromatic N) is 1. The molecule has 3 atom stereocenters. The monoisotopic (exact) mass is 336 g/mol. The summed E-state index contributed by atoms with van der Waals surface area (Å²) in [5, 5.41) is 3.24. The van der Waals surface area contributed by atoms with Crippen molar-refractivity contribution in [3.8, 4) is 0 Å². The van der Waals surface area contributed by atoms with Crippen molar-refractivity contribution in [2.24, 2.45) is 11.8 Å². The molecule has 3 aliphatic rings. The van der Waals surface area contributed by atoms with Crippen molar-refractivity contribution < 1.29 is 14.3 Å². The normalized spacial score (nSPS) is 32.4. The van der Waals surface area contributed by atoms with E-state index in [0.717, 1.165) is 45.1 Å². The summed E-state index contributed by atoms with van der Waals surface area (Å²) < 4.78 is 5.55. The van der Waals surface area contributed by atoms with Gasteiger partial charge < -0.3 is 15.0 Å². The largest absolute Gasteiger partial charge is 0.378 e. The van der Waals surface area contributed by atoms with E-state index in [2.05, 4.69) is 5.32 Å². The SMILES string of the molecule is C[C@@H]1C[C@@H](C(=O)N2CCC[C@@H](C(=O)NC3CCCCC3)C2)CCO1. The lowest BCUT2D eigenvalue weighted by Gasteiger charge is -2.37. The van der Waals surface area contributed by atoms with Crippen molar-refractivity contribution in [2.75, 3.05) is 19.7 Å². The van der Waals surface area contributed by atoms with Crippen LogP contribution in [-0.4, -0.2) is 48.6 Å². The zero-order valence-corrected chi connectivity index (χ0v) is 15.0. The van der Waals surface area contributed by atoms with Gasteiger partial charge in [0, 0.05) is 31.7 Å². The van der Waals surface area contributed by atoms with Gasteiger partial charge in [-0.3, -0.25) is 9.59 Å². The number of piperidine rings is 1. The summed E-state index contributed by atoms with van der Waals surface area (Å²) in [6, 6.07) is 0.355. The number of rotatable bonds is 3. The second kappa shape index (κ2) is 8.32. The minimum atomic E-state index is -0.0260. The Balaban J connectivity index is 1.51. The summed E-state index contributed by atoms with van der Waals surface area (Å²) in [4.78, 5) is 27.3. The minimum absolute atomic E-state index is 0.0260. The maximum atomic E-state index is 12.8. The molecule has 2 heterocycles. The molecular formula is C19H32N2O3. The highest BCUT2D eigenvalue weighted by atomic mass is 16.5. The average Bonchev–Trinajstić information content (AvgIpc) is 2.62. The van der Waals surface area contributed by atoms with Gasteiger partial charge in [-0.05, 0) is 45.4 Å². The van der Waals surface area contributed by atoms with Crippen molar-refractivity contribution in [3.05, 3.63) is 0 Å². The van der Waals surface area contributed by atoms with Crippen molar-refractivity contribution in [1.82, 2.24) is 10.2 Å². The zero-order valence-electron chi connectivity index (χ0n) is 15.0. The fourth-order valence-electron chi connectivity index (χ4n) is 4.44. The molecule has 1 saturated carbocycles. The summed E-state index contributed by atoms with van der Waals surface area (Å²) in [6.07, 6.45) is 9.61. The smallest absolute Gasteiger partial charge is 0.225 e. The molecule has 136 valence electrons. The van der Waals surface area contributed by atoms with E-state index in [-0.39, 0.29) is 29.8 Å². The van der Waals surface area contributed by atoms with Gasteiger partial charge in [-0.25, -0.2) is 0 Å². The molecule has 1 aliphatic carbocycles. The van der Waals surface area contributed by atoms with Crippen LogP contribution in [0.15, 0.2) is 0 Å². The van der Waals surface area contributed by atoms with Gasteiger partial charge in [0.25, 0.3) is 0 Å². The van der Waals surface area contributed by atoms with Crippen LogP contribution in [0.1, 0.15) is 64.7 Å². The van der Waals surface area contributed by atoms with E-state index in [1.165, 1.54) is 19.3 Å². The van der Waals surface area contributed by atoms with Gasteiger partial charge in [-0.2, -0.15) is 0 Å². The van der Waals surface area contributed by atoms with Crippen molar-refractivity contribution >= 4 is 11.8 Å². The quantitative estimate of drug-likeness (QED) is 0.861. The van der Waals surface area contributed by atoms with Crippen molar-refractivity contribution in [3.63, 3.8) is 0 Å². The number of amides is 2. The second-order valence-electron chi connectivity index (χ2n) is 7.87. The molecule has 0 aromatic heterocycles. The molecule has 0 bridgehead atoms. The van der Waals surface area contributed by atoms with Crippen LogP contribution in [0.5, 0.6) is 0 Å². The van der Waals surface area contributed by atoms with E-state index < -0.39 is 0 Å². The lowest BCUT2D eigenvalue weighted by Crippen LogP contribution is -2.49. The number of likely N-dealkylation sites (tertiary alicyclic amines) is 1. The number of hydrogen-bond acceptors (Lipinski definition) is 3. The fourth-order valence-corrected chi connectivity index (χ4v) is 4.44. The molecule has 2 amide bonds. The molecule has 24 heavy (non-hydrogen) atoms. The third kappa shape index (κ3) is 4.50. The topological polar surface area (TPSA) is 58.6 Å². The highest BCUT2D eigenvalue weighted by Gasteiger charge is 2.34. The molecule has 5 nitrogen and oxygen atoms in total. The number of ether oxygens (including phenoxy) is 1. The van der Waals surface area contributed by atoms with Gasteiger partial charge in [0.15, 0.2) is 0 Å². The Bertz CT molecular complexity index is 448. The Morgan fingerprint density at radius 1 is 1.00 bits per heavy atom. The van der Waals surface area contributed by atoms with E-state index in [0.29, 0.717) is 19.2 Å². The highest BCUT2D eigenvalue weighted by Crippen LogP contribution is 2.26. The standard InChI is InChI=1S/C19H32N2O3/c1-14-12-15(9-11-24-14)19(23)21-10-5-6-16(13-21)18(22)20-17-7-3-2-4-8-17/h14-17H,2-13H2,1H3,(H,20,22)/t14-,15+,16-/m1/s1. The van der Waals surface area contributed by atoms with Crippen LogP contribution in [0, 0.1) is 11.8 Å². The van der Waals surface area contributed by atoms with Gasteiger partial charge in [-0.15, -0.1) is 0 Å². The molecule has 3 fully saturated rings. The first-order chi connectivity index (χ1) is 11.6. The summed E-state index contributed by atoms with van der Waals surface area (Å²) in [7, 11) is 0. The predicted molar refractivity (Wildman–Crippen MR) is 92.5 cm³/mol. The Morgan fingerprint density at radius 3 is 2.54 bits per heavy atom. The first kappa shape index (κ1) is 17.7. The third-order valence-corrected chi connectivity index (χ3v) is 5.89. The van der Waals surface area contributed by atoms with Crippen LogP contribution in [0.2, 0.25) is 0 Å². The van der Waals surface area contributed by atoms with E-state index in [4.69, 9.17) is 4.74 Å². The Kier molecular flexibility index (Phi) is 6.14. The van der Waals surface area contributed by atoms with Crippen LogP contribution in [-0.2, 0) is 14.3 Å². The van der Waals surface area contributed by atoms with E-state index >= 15 is 0 Å². The predicted octanol–water partition coefficient (Wildman–Crippen LogP) is 2.49. The molecular weight excluding hydrogens is 304 g/mol. The maximum Gasteiger partial charge on any atom is 0.225 e. The highest BCUT2D eigenvalue weighted by molar-refractivity contribution is 5.82. The molecule has 0 radical (unpaired) electrons. The first-order valence-corrected chi connectivity index (χ1v) is 9.84. The maximum absolute atomic E-state index is 12.8. The summed E-state index contributed by atoms with van der Waals surface area (Å²) in [6.45, 7) is 4.12. The van der Waals surface area contributed by atoms with Crippen LogP contribution in [0.25, 0.3) is 0 Å². The van der Waals surface area contributed by atoms with Gasteiger partial charge in [0.1, 0.15) is 0 Å². The summed E-state index contributed by atoms with van der Waals surface area (Å²) >= 11 is 0. The zero-order chi connectivity index (χ0) is 16.9. The number of carbonyl (C=O) groups excluding carboxylic acids is 2. The molecule has 0 aromatic rings. The molecule has 0 unspecified atom stereocenters. The van der Waals surface area contributed by atoms with Crippen molar-refractivity contribution in [2.45, 2.75) is 76.9 Å². The summed E-state index contributed by atoms with van der Waals surface area (Å²) in [5.74, 6) is 0.454. The lowest BCUT2D eigenvalue weighted by molar-refractivity contribution is -0.143. The second-order valence-corrected chi connectivity index (χ2v) is 7.87. The minimum Gasteiger partial charge on any atom is -0.378 e. The molecule has 1 N–H and O–H groups in total. The molecule has 2 saturated heterocycles.